The Bertz CT molecular complexity index is 973. The molecular formula is C18H17FN4O2S. The Morgan fingerprint density at radius 1 is 1.27 bits per heavy atom. The van der Waals surface area contributed by atoms with Gasteiger partial charge in [0.1, 0.15) is 5.82 Å². The number of fused-ring (bicyclic) bond motifs is 1. The van der Waals surface area contributed by atoms with E-state index < -0.39 is 5.82 Å². The number of ketones is 1. The number of nitrogens with one attached hydrogen (secondary N) is 1. The average molecular weight is 372 g/mol. The first-order valence-corrected chi connectivity index (χ1v) is 8.96. The minimum absolute atomic E-state index is 0.0530. The van der Waals surface area contributed by atoms with Crippen LogP contribution in [0.5, 0.6) is 0 Å². The van der Waals surface area contributed by atoms with Crippen LogP contribution in [0, 0.1) is 5.82 Å². The van der Waals surface area contributed by atoms with Crippen LogP contribution in [-0.4, -0.2) is 32.0 Å². The average Bonchev–Trinajstić information content (AvgIpc) is 3.04. The van der Waals surface area contributed by atoms with E-state index in [4.69, 9.17) is 0 Å². The van der Waals surface area contributed by atoms with E-state index in [0.717, 1.165) is 11.8 Å². The molecule has 8 heteroatoms. The van der Waals surface area contributed by atoms with Crippen LogP contribution in [-0.2, 0) is 4.79 Å². The molecule has 3 rings (SSSR count). The van der Waals surface area contributed by atoms with Crippen LogP contribution in [0.3, 0.4) is 0 Å². The summed E-state index contributed by atoms with van der Waals surface area (Å²) in [5.41, 5.74) is 1.01. The molecule has 1 N–H and O–H groups in total. The maximum absolute atomic E-state index is 14.0. The van der Waals surface area contributed by atoms with Crippen molar-refractivity contribution in [1.82, 2.24) is 19.9 Å². The lowest BCUT2D eigenvalue weighted by Crippen LogP contribution is -2.29. The van der Waals surface area contributed by atoms with Gasteiger partial charge in [0, 0.05) is 16.7 Å². The number of aromatic nitrogens is 3. The fourth-order valence-corrected chi connectivity index (χ4v) is 3.21. The van der Waals surface area contributed by atoms with Crippen LogP contribution in [0.1, 0.15) is 36.1 Å². The molecule has 0 bridgehead atoms. The van der Waals surface area contributed by atoms with Crippen molar-refractivity contribution in [3.63, 3.8) is 0 Å². The molecule has 6 nitrogen and oxygen atoms in total. The Morgan fingerprint density at radius 3 is 2.81 bits per heavy atom. The van der Waals surface area contributed by atoms with E-state index in [9.17, 15) is 14.0 Å². The number of halogens is 1. The summed E-state index contributed by atoms with van der Waals surface area (Å²) < 4.78 is 15.8. The summed E-state index contributed by atoms with van der Waals surface area (Å²) in [6.07, 6.45) is 1.83. The predicted molar refractivity (Wildman–Crippen MR) is 96.7 cm³/mol. The summed E-state index contributed by atoms with van der Waals surface area (Å²) in [4.78, 5) is 23.8. The maximum Gasteiger partial charge on any atom is 0.230 e. The number of hydrogen-bond acceptors (Lipinski definition) is 5. The Hall–Kier alpha value is -2.74. The number of amides is 1. The molecule has 2 heterocycles. The molecule has 26 heavy (non-hydrogen) atoms. The largest absolute Gasteiger partial charge is 0.346 e. The molecule has 0 aliphatic carbocycles. The van der Waals surface area contributed by atoms with Crippen molar-refractivity contribution in [1.29, 1.82) is 0 Å². The predicted octanol–water partition coefficient (Wildman–Crippen LogP) is 3.04. The highest BCUT2D eigenvalue weighted by atomic mass is 32.2. The first kappa shape index (κ1) is 18.1. The molecule has 2 aromatic heterocycles. The highest BCUT2D eigenvalue weighted by molar-refractivity contribution is 8.00. The van der Waals surface area contributed by atoms with Gasteiger partial charge in [-0.2, -0.15) is 0 Å². The number of carbonyl (C=O) groups is 2. The third-order valence-electron chi connectivity index (χ3n) is 3.80. The van der Waals surface area contributed by atoms with Crippen LogP contribution >= 0.6 is 11.8 Å². The van der Waals surface area contributed by atoms with Gasteiger partial charge in [0.05, 0.1) is 11.8 Å². The van der Waals surface area contributed by atoms with Gasteiger partial charge >= 0.3 is 0 Å². The Morgan fingerprint density at radius 2 is 2.08 bits per heavy atom. The number of nitrogens with zero attached hydrogens (tertiary/aromatic N) is 3. The number of carbonyl (C=O) groups excluding carboxylic acids is 2. The zero-order valence-corrected chi connectivity index (χ0v) is 15.1. The van der Waals surface area contributed by atoms with E-state index in [-0.39, 0.29) is 23.5 Å². The van der Waals surface area contributed by atoms with Crippen molar-refractivity contribution in [3.05, 3.63) is 59.8 Å². The number of Topliss-reactive ketones (excluding diaryl/α,β-unsaturated/α-hetero) is 1. The van der Waals surface area contributed by atoms with E-state index in [1.54, 1.807) is 10.5 Å². The molecule has 0 spiro atoms. The Kier molecular flexibility index (Phi) is 5.32. The molecule has 3 aromatic rings. The smallest absolute Gasteiger partial charge is 0.230 e. The van der Waals surface area contributed by atoms with Crippen molar-refractivity contribution in [2.45, 2.75) is 24.8 Å². The van der Waals surface area contributed by atoms with Crippen molar-refractivity contribution < 1.29 is 14.0 Å². The second kappa shape index (κ2) is 7.65. The number of thioether (sulfide) groups is 1. The standard InChI is InChI=1S/C18H17FN4O2S/c1-11(18-22-21-16-5-3-4-8-23(16)18)20-17(25)10-26-15-7-6-13(12(2)24)9-14(15)19/h3-9,11H,10H2,1-2H3,(H,20,25). The van der Waals surface area contributed by atoms with Gasteiger partial charge in [-0.25, -0.2) is 4.39 Å². The number of rotatable bonds is 6. The topological polar surface area (TPSA) is 76.4 Å². The van der Waals surface area contributed by atoms with Crippen molar-refractivity contribution >= 4 is 29.1 Å². The van der Waals surface area contributed by atoms with Gasteiger partial charge in [0.25, 0.3) is 0 Å². The van der Waals surface area contributed by atoms with Gasteiger partial charge in [-0.3, -0.25) is 14.0 Å². The Labute approximate surface area is 153 Å². The SMILES string of the molecule is CC(=O)c1ccc(SCC(=O)NC(C)c2nnc3ccccn23)c(F)c1. The summed E-state index contributed by atoms with van der Waals surface area (Å²) in [6, 6.07) is 9.46. The molecular weight excluding hydrogens is 355 g/mol. The first-order chi connectivity index (χ1) is 12.5. The Balaban J connectivity index is 1.61. The molecule has 1 unspecified atom stereocenters. The van der Waals surface area contributed by atoms with Gasteiger partial charge in [0.15, 0.2) is 17.3 Å². The van der Waals surface area contributed by atoms with Crippen LogP contribution in [0.4, 0.5) is 4.39 Å². The molecule has 1 aromatic carbocycles. The van der Waals surface area contributed by atoms with E-state index in [1.807, 2.05) is 31.3 Å². The minimum Gasteiger partial charge on any atom is -0.346 e. The fourth-order valence-electron chi connectivity index (χ4n) is 2.48. The molecule has 1 amide bonds. The monoisotopic (exact) mass is 372 g/mol. The summed E-state index contributed by atoms with van der Waals surface area (Å²) in [6.45, 7) is 3.19. The second-order valence-electron chi connectivity index (χ2n) is 5.77. The molecule has 0 radical (unpaired) electrons. The molecule has 0 aliphatic heterocycles. The van der Waals surface area contributed by atoms with E-state index in [2.05, 4.69) is 15.5 Å². The van der Waals surface area contributed by atoms with E-state index in [1.165, 1.54) is 19.1 Å². The second-order valence-corrected chi connectivity index (χ2v) is 6.78. The normalized spacial score (nSPS) is 12.1. The van der Waals surface area contributed by atoms with Gasteiger partial charge < -0.3 is 5.32 Å². The molecule has 1 atom stereocenters. The van der Waals surface area contributed by atoms with Crippen LogP contribution in [0.15, 0.2) is 47.5 Å². The highest BCUT2D eigenvalue weighted by Gasteiger charge is 2.16. The summed E-state index contributed by atoms with van der Waals surface area (Å²) >= 11 is 1.08. The third kappa shape index (κ3) is 3.91. The van der Waals surface area contributed by atoms with Crippen LogP contribution in [0.2, 0.25) is 0 Å². The minimum atomic E-state index is -0.507. The molecule has 0 saturated heterocycles. The molecule has 0 fully saturated rings. The van der Waals surface area contributed by atoms with Crippen molar-refractivity contribution in [3.8, 4) is 0 Å². The zero-order valence-electron chi connectivity index (χ0n) is 14.3. The lowest BCUT2D eigenvalue weighted by Gasteiger charge is -2.12. The number of benzene rings is 1. The lowest BCUT2D eigenvalue weighted by molar-refractivity contribution is -0.119. The van der Waals surface area contributed by atoms with E-state index >= 15 is 0 Å². The van der Waals surface area contributed by atoms with Crippen LogP contribution < -0.4 is 5.32 Å². The molecule has 0 aliphatic rings. The molecule has 0 saturated carbocycles. The van der Waals surface area contributed by atoms with Gasteiger partial charge in [-0.05, 0) is 38.1 Å². The highest BCUT2D eigenvalue weighted by Crippen LogP contribution is 2.23. The first-order valence-electron chi connectivity index (χ1n) is 7.98. The van der Waals surface area contributed by atoms with Gasteiger partial charge in [-0.1, -0.05) is 12.1 Å². The van der Waals surface area contributed by atoms with Crippen molar-refractivity contribution in [2.75, 3.05) is 5.75 Å². The molecule has 134 valence electrons. The summed E-state index contributed by atoms with van der Waals surface area (Å²) in [5.74, 6) is -0.280. The van der Waals surface area contributed by atoms with Crippen LogP contribution in [0.25, 0.3) is 5.65 Å². The quantitative estimate of drug-likeness (QED) is 0.532. The number of pyridine rings is 1. The lowest BCUT2D eigenvalue weighted by atomic mass is 10.1. The van der Waals surface area contributed by atoms with Gasteiger partial charge in [-0.15, -0.1) is 22.0 Å². The van der Waals surface area contributed by atoms with Crippen molar-refractivity contribution in [2.24, 2.45) is 0 Å². The summed E-state index contributed by atoms with van der Waals surface area (Å²) in [5, 5.41) is 11.0. The van der Waals surface area contributed by atoms with E-state index in [0.29, 0.717) is 21.9 Å². The fraction of sp³-hybridized carbons (Fsp3) is 0.222. The van der Waals surface area contributed by atoms with Gasteiger partial charge in [0.2, 0.25) is 5.91 Å². The maximum atomic E-state index is 14.0. The summed E-state index contributed by atoms with van der Waals surface area (Å²) in [7, 11) is 0. The zero-order chi connectivity index (χ0) is 18.7. The third-order valence-corrected chi connectivity index (χ3v) is 4.85. The number of hydrogen-bond donors (Lipinski definition) is 1.